The van der Waals surface area contributed by atoms with E-state index in [2.05, 4.69) is 26.0 Å². The SMILES string of the molecule is CCOC(=O)C(C/C=C(\C)CC/C=C(\C)CCC=C1CCCCC1)C(C)=O. The summed E-state index contributed by atoms with van der Waals surface area (Å²) in [6.45, 7) is 7.81. The number of hydrogen-bond donors (Lipinski definition) is 0. The molecule has 0 aromatic carbocycles. The number of carbonyl (C=O) groups is 2. The topological polar surface area (TPSA) is 43.4 Å². The van der Waals surface area contributed by atoms with Gasteiger partial charge in [0.15, 0.2) is 0 Å². The summed E-state index contributed by atoms with van der Waals surface area (Å²) in [5, 5.41) is 0. The minimum absolute atomic E-state index is 0.125. The normalized spacial score (nSPS) is 16.8. The summed E-state index contributed by atoms with van der Waals surface area (Å²) >= 11 is 0. The minimum Gasteiger partial charge on any atom is -0.465 e. The Labute approximate surface area is 165 Å². The highest BCUT2D eigenvalue weighted by atomic mass is 16.5. The summed E-state index contributed by atoms with van der Waals surface area (Å²) in [5.74, 6) is -1.19. The van der Waals surface area contributed by atoms with Gasteiger partial charge in [0.1, 0.15) is 11.7 Å². The lowest BCUT2D eigenvalue weighted by Crippen LogP contribution is -2.23. The van der Waals surface area contributed by atoms with Crippen molar-refractivity contribution in [2.75, 3.05) is 6.61 Å². The second-order valence-corrected chi connectivity index (χ2v) is 7.75. The Balaban J connectivity index is 2.35. The molecule has 0 aromatic heterocycles. The highest BCUT2D eigenvalue weighted by molar-refractivity contribution is 5.97. The van der Waals surface area contributed by atoms with Crippen LogP contribution in [0.5, 0.6) is 0 Å². The average molecular weight is 375 g/mol. The van der Waals surface area contributed by atoms with E-state index in [0.717, 1.165) is 25.7 Å². The highest BCUT2D eigenvalue weighted by Crippen LogP contribution is 2.23. The van der Waals surface area contributed by atoms with E-state index in [1.54, 1.807) is 12.5 Å². The lowest BCUT2D eigenvalue weighted by Gasteiger charge is -2.13. The van der Waals surface area contributed by atoms with Crippen LogP contribution in [0.2, 0.25) is 0 Å². The van der Waals surface area contributed by atoms with Crippen LogP contribution in [0.1, 0.15) is 91.9 Å². The van der Waals surface area contributed by atoms with E-state index < -0.39 is 11.9 Å². The van der Waals surface area contributed by atoms with Crippen LogP contribution in [-0.2, 0) is 14.3 Å². The Kier molecular flexibility index (Phi) is 11.7. The molecule has 0 saturated heterocycles. The zero-order valence-corrected chi connectivity index (χ0v) is 17.8. The lowest BCUT2D eigenvalue weighted by atomic mass is 9.93. The molecule has 0 radical (unpaired) electrons. The molecule has 1 aliphatic rings. The van der Waals surface area contributed by atoms with Gasteiger partial charge in [0, 0.05) is 0 Å². The molecule has 27 heavy (non-hydrogen) atoms. The molecule has 152 valence electrons. The maximum absolute atomic E-state index is 11.8. The molecule has 1 atom stereocenters. The van der Waals surface area contributed by atoms with E-state index in [4.69, 9.17) is 4.74 Å². The molecule has 0 aliphatic heterocycles. The first-order chi connectivity index (χ1) is 12.9. The molecular weight excluding hydrogens is 336 g/mol. The van der Waals surface area contributed by atoms with Gasteiger partial charge in [-0.05, 0) is 85.5 Å². The van der Waals surface area contributed by atoms with Crippen molar-refractivity contribution in [2.45, 2.75) is 91.9 Å². The zero-order chi connectivity index (χ0) is 20.1. The zero-order valence-electron chi connectivity index (χ0n) is 17.8. The minimum atomic E-state index is -0.662. The van der Waals surface area contributed by atoms with Gasteiger partial charge < -0.3 is 4.74 Å². The van der Waals surface area contributed by atoms with Crippen LogP contribution in [0.15, 0.2) is 34.9 Å². The molecule has 1 aliphatic carbocycles. The van der Waals surface area contributed by atoms with E-state index in [1.807, 2.05) is 6.08 Å². The number of hydrogen-bond acceptors (Lipinski definition) is 3. The third kappa shape index (κ3) is 10.3. The van der Waals surface area contributed by atoms with Gasteiger partial charge in [-0.2, -0.15) is 0 Å². The van der Waals surface area contributed by atoms with E-state index in [1.165, 1.54) is 50.2 Å². The van der Waals surface area contributed by atoms with Crippen LogP contribution in [0.4, 0.5) is 0 Å². The molecule has 0 bridgehead atoms. The Morgan fingerprint density at radius 1 is 0.963 bits per heavy atom. The summed E-state index contributed by atoms with van der Waals surface area (Å²) in [4.78, 5) is 23.5. The second-order valence-electron chi connectivity index (χ2n) is 7.75. The first kappa shape index (κ1) is 23.4. The number of esters is 1. The van der Waals surface area contributed by atoms with Crippen molar-refractivity contribution in [2.24, 2.45) is 5.92 Å². The highest BCUT2D eigenvalue weighted by Gasteiger charge is 2.23. The first-order valence-corrected chi connectivity index (χ1v) is 10.6. The molecule has 3 heteroatoms. The van der Waals surface area contributed by atoms with Crippen LogP contribution >= 0.6 is 0 Å². The maximum Gasteiger partial charge on any atom is 0.316 e. The van der Waals surface area contributed by atoms with Gasteiger partial charge in [0.05, 0.1) is 6.61 Å². The third-order valence-electron chi connectivity index (χ3n) is 5.26. The molecule has 3 nitrogen and oxygen atoms in total. The summed E-state index contributed by atoms with van der Waals surface area (Å²) in [6, 6.07) is 0. The number of ketones is 1. The van der Waals surface area contributed by atoms with E-state index in [0.29, 0.717) is 13.0 Å². The van der Waals surface area contributed by atoms with Crippen LogP contribution in [0, 0.1) is 5.92 Å². The van der Waals surface area contributed by atoms with Crippen molar-refractivity contribution in [3.63, 3.8) is 0 Å². The standard InChI is InChI=1S/C24H38O3/c1-5-27-24(26)23(21(4)25)18-17-20(3)12-9-11-19(2)13-10-16-22-14-7-6-8-15-22/h11,16-17,23H,5-10,12-15,18H2,1-4H3/b19-11+,20-17+. The van der Waals surface area contributed by atoms with Crippen LogP contribution < -0.4 is 0 Å². The number of carbonyl (C=O) groups excluding carboxylic acids is 2. The fraction of sp³-hybridized carbons (Fsp3) is 0.667. The van der Waals surface area contributed by atoms with E-state index >= 15 is 0 Å². The molecule has 0 heterocycles. The van der Waals surface area contributed by atoms with Crippen molar-refractivity contribution in [3.8, 4) is 0 Å². The fourth-order valence-corrected chi connectivity index (χ4v) is 3.45. The summed E-state index contributed by atoms with van der Waals surface area (Å²) in [7, 11) is 0. The quantitative estimate of drug-likeness (QED) is 0.236. The summed E-state index contributed by atoms with van der Waals surface area (Å²) in [6.07, 6.45) is 18.3. The summed E-state index contributed by atoms with van der Waals surface area (Å²) in [5.41, 5.74) is 4.33. The smallest absolute Gasteiger partial charge is 0.316 e. The number of Topliss-reactive ketones (excluding diaryl/α,β-unsaturated/α-hetero) is 1. The summed E-state index contributed by atoms with van der Waals surface area (Å²) < 4.78 is 4.99. The Morgan fingerprint density at radius 3 is 2.22 bits per heavy atom. The monoisotopic (exact) mass is 374 g/mol. The van der Waals surface area contributed by atoms with Crippen LogP contribution in [-0.4, -0.2) is 18.4 Å². The predicted molar refractivity (Wildman–Crippen MR) is 113 cm³/mol. The molecule has 1 saturated carbocycles. The molecule has 0 amide bonds. The van der Waals surface area contributed by atoms with Crippen LogP contribution in [0.3, 0.4) is 0 Å². The Bertz CT molecular complexity index is 558. The first-order valence-electron chi connectivity index (χ1n) is 10.6. The molecule has 0 aromatic rings. The average Bonchev–Trinajstić information content (AvgIpc) is 2.62. The van der Waals surface area contributed by atoms with Gasteiger partial charge >= 0.3 is 5.97 Å². The van der Waals surface area contributed by atoms with Gasteiger partial charge in [-0.3, -0.25) is 9.59 Å². The van der Waals surface area contributed by atoms with Crippen molar-refractivity contribution < 1.29 is 14.3 Å². The molecule has 1 fully saturated rings. The largest absolute Gasteiger partial charge is 0.465 e. The van der Waals surface area contributed by atoms with Gasteiger partial charge in [-0.15, -0.1) is 0 Å². The van der Waals surface area contributed by atoms with Crippen LogP contribution in [0.25, 0.3) is 0 Å². The number of rotatable bonds is 11. The van der Waals surface area contributed by atoms with E-state index in [9.17, 15) is 9.59 Å². The van der Waals surface area contributed by atoms with Gasteiger partial charge in [-0.25, -0.2) is 0 Å². The van der Waals surface area contributed by atoms with Crippen molar-refractivity contribution in [1.29, 1.82) is 0 Å². The molecule has 1 unspecified atom stereocenters. The Hall–Kier alpha value is -1.64. The second kappa shape index (κ2) is 13.5. The fourth-order valence-electron chi connectivity index (χ4n) is 3.45. The van der Waals surface area contributed by atoms with Gasteiger partial charge in [0.2, 0.25) is 0 Å². The van der Waals surface area contributed by atoms with Crippen molar-refractivity contribution in [3.05, 3.63) is 34.9 Å². The molecule has 1 rings (SSSR count). The number of ether oxygens (including phenoxy) is 1. The molecular formula is C24H38O3. The van der Waals surface area contributed by atoms with Gasteiger partial charge in [0.25, 0.3) is 0 Å². The van der Waals surface area contributed by atoms with Crippen molar-refractivity contribution in [1.82, 2.24) is 0 Å². The predicted octanol–water partition coefficient (Wildman–Crippen LogP) is 6.49. The molecule has 0 spiro atoms. The lowest BCUT2D eigenvalue weighted by molar-refractivity contribution is -0.150. The Morgan fingerprint density at radius 2 is 1.59 bits per heavy atom. The third-order valence-corrected chi connectivity index (χ3v) is 5.26. The molecule has 0 N–H and O–H groups in total. The van der Waals surface area contributed by atoms with E-state index in [-0.39, 0.29) is 5.78 Å². The van der Waals surface area contributed by atoms with Crippen molar-refractivity contribution >= 4 is 11.8 Å². The maximum atomic E-state index is 11.8. The number of allylic oxidation sites excluding steroid dienone is 6. The van der Waals surface area contributed by atoms with Gasteiger partial charge in [-0.1, -0.05) is 41.4 Å².